The van der Waals surface area contributed by atoms with Crippen LogP contribution in [0.3, 0.4) is 0 Å². The average Bonchev–Trinajstić information content (AvgIpc) is 2.82. The molecule has 176 valence electrons. The molecule has 6 nitrogen and oxygen atoms in total. The number of hydrogen-bond acceptors (Lipinski definition) is 5. The number of carbonyl (C=O) groups is 2. The fourth-order valence-corrected chi connectivity index (χ4v) is 5.80. The predicted molar refractivity (Wildman–Crippen MR) is 119 cm³/mol. The van der Waals surface area contributed by atoms with Crippen molar-refractivity contribution in [3.05, 3.63) is 71.3 Å². The van der Waals surface area contributed by atoms with Crippen LogP contribution in [-0.2, 0) is 14.6 Å². The van der Waals surface area contributed by atoms with E-state index in [1.165, 1.54) is 0 Å². The van der Waals surface area contributed by atoms with Gasteiger partial charge in [0.25, 0.3) is 0 Å². The van der Waals surface area contributed by atoms with Gasteiger partial charge in [0.1, 0.15) is 17.7 Å². The molecule has 4 rings (SSSR count). The highest BCUT2D eigenvalue weighted by Crippen LogP contribution is 2.29. The van der Waals surface area contributed by atoms with Crippen LogP contribution in [-0.4, -0.2) is 67.6 Å². The summed E-state index contributed by atoms with van der Waals surface area (Å²) in [5.74, 6) is -2.45. The molecule has 9 heteroatoms. The zero-order chi connectivity index (χ0) is 23.6. The Balaban J connectivity index is 1.47. The normalized spacial score (nSPS) is 20.4. The minimum atomic E-state index is -3.09. The molecule has 0 radical (unpaired) electrons. The molecule has 0 saturated carbocycles. The number of ketones is 1. The first-order valence-electron chi connectivity index (χ1n) is 11.0. The predicted octanol–water partition coefficient (Wildman–Crippen LogP) is 2.86. The maximum Gasteiger partial charge on any atom is 0.244 e. The van der Waals surface area contributed by atoms with Crippen LogP contribution in [0.25, 0.3) is 0 Å². The fourth-order valence-electron chi connectivity index (χ4n) is 4.57. The number of carbonyl (C=O) groups excluding carboxylic acids is 2. The van der Waals surface area contributed by atoms with E-state index < -0.39 is 39.2 Å². The molecule has 2 saturated heterocycles. The monoisotopic (exact) mass is 476 g/mol. The molecule has 2 heterocycles. The van der Waals surface area contributed by atoms with Crippen molar-refractivity contribution in [1.82, 2.24) is 9.80 Å². The molecule has 2 aromatic rings. The molecule has 1 atom stereocenters. The molecule has 2 aromatic carbocycles. The van der Waals surface area contributed by atoms with E-state index in [0.29, 0.717) is 25.9 Å². The maximum atomic E-state index is 14.0. The molecule has 1 unspecified atom stereocenters. The van der Waals surface area contributed by atoms with E-state index in [1.54, 1.807) is 4.90 Å². The molecule has 2 fully saturated rings. The van der Waals surface area contributed by atoms with Gasteiger partial charge in [0, 0.05) is 32.1 Å². The SMILES string of the molecule is O=C(c1cc(F)ccc1F)C1CCN(C(=O)C(c2ccccc2)N2CCS(=O)(=O)CC2)CC1. The van der Waals surface area contributed by atoms with Crippen molar-refractivity contribution in [2.24, 2.45) is 5.92 Å². The summed E-state index contributed by atoms with van der Waals surface area (Å²) in [6.45, 7) is 1.20. The Morgan fingerprint density at radius 1 is 0.909 bits per heavy atom. The van der Waals surface area contributed by atoms with E-state index in [4.69, 9.17) is 0 Å². The topological polar surface area (TPSA) is 74.8 Å². The Morgan fingerprint density at radius 3 is 2.18 bits per heavy atom. The summed E-state index contributed by atoms with van der Waals surface area (Å²) in [6, 6.07) is 11.5. The number of likely N-dealkylation sites (tertiary alicyclic amines) is 1. The number of rotatable bonds is 5. The summed E-state index contributed by atoms with van der Waals surface area (Å²) in [4.78, 5) is 29.9. The van der Waals surface area contributed by atoms with E-state index in [-0.39, 0.29) is 36.1 Å². The second-order valence-corrected chi connectivity index (χ2v) is 10.9. The highest BCUT2D eigenvalue weighted by molar-refractivity contribution is 7.91. The summed E-state index contributed by atoms with van der Waals surface area (Å²) in [6.07, 6.45) is 0.715. The summed E-state index contributed by atoms with van der Waals surface area (Å²) in [5, 5.41) is 0. The van der Waals surface area contributed by atoms with E-state index in [9.17, 15) is 26.8 Å². The van der Waals surface area contributed by atoms with Gasteiger partial charge in [-0.3, -0.25) is 14.5 Å². The molecule has 0 aliphatic carbocycles. The van der Waals surface area contributed by atoms with Gasteiger partial charge >= 0.3 is 0 Å². The van der Waals surface area contributed by atoms with Crippen molar-refractivity contribution in [2.45, 2.75) is 18.9 Å². The van der Waals surface area contributed by atoms with Crippen molar-refractivity contribution < 1.29 is 26.8 Å². The molecule has 1 amide bonds. The second kappa shape index (κ2) is 9.69. The molecule has 0 aromatic heterocycles. The lowest BCUT2D eigenvalue weighted by atomic mass is 9.88. The number of hydrogen-bond donors (Lipinski definition) is 0. The van der Waals surface area contributed by atoms with Crippen LogP contribution >= 0.6 is 0 Å². The first-order valence-corrected chi connectivity index (χ1v) is 12.8. The lowest BCUT2D eigenvalue weighted by molar-refractivity contribution is -0.138. The Kier molecular flexibility index (Phi) is 6.90. The van der Waals surface area contributed by atoms with Crippen molar-refractivity contribution in [1.29, 1.82) is 0 Å². The fraction of sp³-hybridized carbons (Fsp3) is 0.417. The first-order chi connectivity index (χ1) is 15.7. The number of amides is 1. The Hall–Kier alpha value is -2.65. The van der Waals surface area contributed by atoms with Crippen molar-refractivity contribution >= 4 is 21.5 Å². The molecular formula is C24H26F2N2O4S. The molecule has 2 aliphatic heterocycles. The van der Waals surface area contributed by atoms with Gasteiger partial charge in [-0.2, -0.15) is 0 Å². The molecule has 0 N–H and O–H groups in total. The number of halogens is 2. The lowest BCUT2D eigenvalue weighted by Gasteiger charge is -2.39. The van der Waals surface area contributed by atoms with Crippen molar-refractivity contribution in [2.75, 3.05) is 37.7 Å². The number of piperidine rings is 1. The summed E-state index contributed by atoms with van der Waals surface area (Å²) in [7, 11) is -3.09. The summed E-state index contributed by atoms with van der Waals surface area (Å²) >= 11 is 0. The van der Waals surface area contributed by atoms with Crippen LogP contribution < -0.4 is 0 Å². The number of Topliss-reactive ketones (excluding diaryl/α,β-unsaturated/α-hetero) is 1. The zero-order valence-corrected chi connectivity index (χ0v) is 18.9. The van der Waals surface area contributed by atoms with Gasteiger partial charge in [-0.05, 0) is 36.6 Å². The van der Waals surface area contributed by atoms with Gasteiger partial charge in [0.05, 0.1) is 17.1 Å². The number of sulfone groups is 1. The van der Waals surface area contributed by atoms with Crippen LogP contribution in [0.2, 0.25) is 0 Å². The van der Waals surface area contributed by atoms with E-state index in [2.05, 4.69) is 0 Å². The summed E-state index contributed by atoms with van der Waals surface area (Å²) < 4.78 is 51.3. The van der Waals surface area contributed by atoms with E-state index >= 15 is 0 Å². The number of nitrogens with zero attached hydrogens (tertiary/aromatic N) is 2. The van der Waals surface area contributed by atoms with Gasteiger partial charge < -0.3 is 4.90 Å². The second-order valence-electron chi connectivity index (χ2n) is 8.59. The Labute approximate surface area is 192 Å². The van der Waals surface area contributed by atoms with Gasteiger partial charge in [0.2, 0.25) is 5.91 Å². The van der Waals surface area contributed by atoms with Gasteiger partial charge in [0.15, 0.2) is 15.6 Å². The smallest absolute Gasteiger partial charge is 0.244 e. The van der Waals surface area contributed by atoms with Crippen molar-refractivity contribution in [3.63, 3.8) is 0 Å². The largest absolute Gasteiger partial charge is 0.341 e. The van der Waals surface area contributed by atoms with Gasteiger partial charge in [-0.25, -0.2) is 17.2 Å². The third-order valence-electron chi connectivity index (χ3n) is 6.46. The summed E-state index contributed by atoms with van der Waals surface area (Å²) in [5.41, 5.74) is 0.540. The van der Waals surface area contributed by atoms with Crippen LogP contribution in [0, 0.1) is 17.6 Å². The highest BCUT2D eigenvalue weighted by Gasteiger charge is 2.37. The van der Waals surface area contributed by atoms with E-state index in [1.807, 2.05) is 35.2 Å². The molecule has 33 heavy (non-hydrogen) atoms. The quantitative estimate of drug-likeness (QED) is 0.621. The molecular weight excluding hydrogens is 450 g/mol. The van der Waals surface area contributed by atoms with Crippen molar-refractivity contribution in [3.8, 4) is 0 Å². The lowest BCUT2D eigenvalue weighted by Crippen LogP contribution is -2.50. The van der Waals surface area contributed by atoms with Crippen LogP contribution in [0.5, 0.6) is 0 Å². The first kappa shape index (κ1) is 23.5. The third kappa shape index (κ3) is 5.30. The highest BCUT2D eigenvalue weighted by atomic mass is 32.2. The Bertz CT molecular complexity index is 1120. The standard InChI is InChI=1S/C24H26F2N2O4S/c25-19-6-7-21(26)20(16-19)23(29)18-8-10-28(11-9-18)24(30)22(17-4-2-1-3-5-17)27-12-14-33(31,32)15-13-27/h1-7,16,18,22H,8-15H2. The third-order valence-corrected chi connectivity index (χ3v) is 8.07. The Morgan fingerprint density at radius 2 is 1.55 bits per heavy atom. The minimum Gasteiger partial charge on any atom is -0.341 e. The maximum absolute atomic E-state index is 14.0. The van der Waals surface area contributed by atoms with Crippen LogP contribution in [0.1, 0.15) is 34.8 Å². The van der Waals surface area contributed by atoms with Crippen LogP contribution in [0.15, 0.2) is 48.5 Å². The zero-order valence-electron chi connectivity index (χ0n) is 18.1. The molecule has 0 bridgehead atoms. The van der Waals surface area contributed by atoms with Gasteiger partial charge in [-0.1, -0.05) is 30.3 Å². The average molecular weight is 477 g/mol. The molecule has 0 spiro atoms. The molecule has 2 aliphatic rings. The minimum absolute atomic E-state index is 0.0133. The van der Waals surface area contributed by atoms with Gasteiger partial charge in [-0.15, -0.1) is 0 Å². The van der Waals surface area contributed by atoms with Crippen LogP contribution in [0.4, 0.5) is 8.78 Å². The van der Waals surface area contributed by atoms with E-state index in [0.717, 1.165) is 23.8 Å². The number of benzene rings is 2.